The normalized spacial score (nSPS) is 17.0. The number of carbonyl (C=O) groups excluding carboxylic acids is 1. The second kappa shape index (κ2) is 7.38. The highest BCUT2D eigenvalue weighted by Crippen LogP contribution is 2.54. The SMILES string of the molecule is CCC(CC)(C1CC1)C(C#N)C(=O)NC(C)c1ccc(C)cc1C. The topological polar surface area (TPSA) is 52.9 Å². The van der Waals surface area contributed by atoms with Gasteiger partial charge in [0.2, 0.25) is 5.91 Å². The Kier molecular flexibility index (Phi) is 5.70. The van der Waals surface area contributed by atoms with E-state index in [9.17, 15) is 10.1 Å². The van der Waals surface area contributed by atoms with Gasteiger partial charge in [0.05, 0.1) is 12.1 Å². The Morgan fingerprint density at radius 1 is 1.33 bits per heavy atom. The molecule has 1 N–H and O–H groups in total. The van der Waals surface area contributed by atoms with E-state index >= 15 is 0 Å². The molecule has 0 bridgehead atoms. The van der Waals surface area contributed by atoms with Crippen LogP contribution in [0.3, 0.4) is 0 Å². The van der Waals surface area contributed by atoms with Crippen molar-refractivity contribution in [1.82, 2.24) is 5.32 Å². The summed E-state index contributed by atoms with van der Waals surface area (Å²) < 4.78 is 0. The summed E-state index contributed by atoms with van der Waals surface area (Å²) in [4.78, 5) is 12.9. The average molecular weight is 326 g/mol. The second-order valence-corrected chi connectivity index (χ2v) is 7.37. The molecule has 0 heterocycles. The number of hydrogen-bond donors (Lipinski definition) is 1. The summed E-state index contributed by atoms with van der Waals surface area (Å²) in [5.41, 5.74) is 3.35. The molecule has 0 saturated heterocycles. The molecular weight excluding hydrogens is 296 g/mol. The fourth-order valence-electron chi connectivity index (χ4n) is 4.26. The van der Waals surface area contributed by atoms with Gasteiger partial charge in [0.1, 0.15) is 5.92 Å². The summed E-state index contributed by atoms with van der Waals surface area (Å²) in [6, 6.07) is 8.52. The molecule has 1 aromatic rings. The average Bonchev–Trinajstić information content (AvgIpc) is 3.37. The van der Waals surface area contributed by atoms with Crippen LogP contribution in [0.15, 0.2) is 18.2 Å². The zero-order chi connectivity index (χ0) is 17.9. The van der Waals surface area contributed by atoms with Crippen LogP contribution in [0.25, 0.3) is 0 Å². The first-order valence-corrected chi connectivity index (χ1v) is 9.16. The van der Waals surface area contributed by atoms with Gasteiger partial charge >= 0.3 is 0 Å². The number of nitrogens with zero attached hydrogens (tertiary/aromatic N) is 1. The third kappa shape index (κ3) is 3.48. The lowest BCUT2D eigenvalue weighted by Crippen LogP contribution is -2.43. The number of benzene rings is 1. The zero-order valence-corrected chi connectivity index (χ0v) is 15.6. The van der Waals surface area contributed by atoms with Gasteiger partial charge in [-0.1, -0.05) is 37.6 Å². The summed E-state index contributed by atoms with van der Waals surface area (Å²) in [5, 5.41) is 12.8. The van der Waals surface area contributed by atoms with E-state index in [-0.39, 0.29) is 17.4 Å². The summed E-state index contributed by atoms with van der Waals surface area (Å²) in [6.45, 7) is 10.4. The van der Waals surface area contributed by atoms with Crippen LogP contribution < -0.4 is 5.32 Å². The van der Waals surface area contributed by atoms with Gasteiger partial charge in [-0.15, -0.1) is 0 Å². The van der Waals surface area contributed by atoms with Gasteiger partial charge in [0, 0.05) is 0 Å². The van der Waals surface area contributed by atoms with Gasteiger partial charge in [-0.25, -0.2) is 0 Å². The first-order valence-electron chi connectivity index (χ1n) is 9.16. The van der Waals surface area contributed by atoms with Crippen molar-refractivity contribution in [2.75, 3.05) is 0 Å². The molecule has 3 nitrogen and oxygen atoms in total. The third-order valence-corrected chi connectivity index (χ3v) is 5.92. The Morgan fingerprint density at radius 3 is 2.42 bits per heavy atom. The largest absolute Gasteiger partial charge is 0.348 e. The third-order valence-electron chi connectivity index (χ3n) is 5.92. The van der Waals surface area contributed by atoms with E-state index in [4.69, 9.17) is 0 Å². The Labute approximate surface area is 146 Å². The predicted octanol–water partition coefficient (Wildman–Crippen LogP) is 4.84. The molecule has 1 aliphatic carbocycles. The molecule has 0 aromatic heterocycles. The van der Waals surface area contributed by atoms with Crippen molar-refractivity contribution in [3.05, 3.63) is 34.9 Å². The van der Waals surface area contributed by atoms with Crippen LogP contribution in [-0.4, -0.2) is 5.91 Å². The molecule has 0 spiro atoms. The molecule has 2 atom stereocenters. The van der Waals surface area contributed by atoms with Crippen molar-refractivity contribution in [2.24, 2.45) is 17.3 Å². The maximum atomic E-state index is 12.9. The van der Waals surface area contributed by atoms with E-state index in [1.165, 1.54) is 11.1 Å². The maximum Gasteiger partial charge on any atom is 0.238 e. The molecule has 2 rings (SSSR count). The van der Waals surface area contributed by atoms with Crippen LogP contribution in [0.4, 0.5) is 0 Å². The molecule has 24 heavy (non-hydrogen) atoms. The molecule has 1 amide bonds. The van der Waals surface area contributed by atoms with E-state index in [0.717, 1.165) is 31.2 Å². The fraction of sp³-hybridized carbons (Fsp3) is 0.619. The molecule has 1 aliphatic rings. The molecule has 0 radical (unpaired) electrons. The van der Waals surface area contributed by atoms with Crippen molar-refractivity contribution < 1.29 is 4.79 Å². The maximum absolute atomic E-state index is 12.9. The Balaban J connectivity index is 2.18. The first kappa shape index (κ1) is 18.5. The Hall–Kier alpha value is -1.82. The van der Waals surface area contributed by atoms with Crippen molar-refractivity contribution >= 4 is 5.91 Å². The minimum Gasteiger partial charge on any atom is -0.348 e. The number of carbonyl (C=O) groups is 1. The molecule has 1 aromatic carbocycles. The van der Waals surface area contributed by atoms with Gasteiger partial charge in [0.25, 0.3) is 0 Å². The lowest BCUT2D eigenvalue weighted by molar-refractivity contribution is -0.128. The molecule has 1 fully saturated rings. The monoisotopic (exact) mass is 326 g/mol. The summed E-state index contributed by atoms with van der Waals surface area (Å²) in [6.07, 6.45) is 4.08. The van der Waals surface area contributed by atoms with Crippen molar-refractivity contribution in [3.63, 3.8) is 0 Å². The van der Waals surface area contributed by atoms with Crippen LogP contribution in [0.5, 0.6) is 0 Å². The lowest BCUT2D eigenvalue weighted by atomic mass is 9.67. The highest BCUT2D eigenvalue weighted by Gasteiger charge is 2.50. The van der Waals surface area contributed by atoms with Crippen molar-refractivity contribution in [1.29, 1.82) is 5.26 Å². The molecule has 1 saturated carbocycles. The number of hydrogen-bond acceptors (Lipinski definition) is 2. The highest BCUT2D eigenvalue weighted by atomic mass is 16.2. The van der Waals surface area contributed by atoms with Crippen LogP contribution in [0.1, 0.15) is 69.2 Å². The smallest absolute Gasteiger partial charge is 0.238 e. The van der Waals surface area contributed by atoms with Gasteiger partial charge in [-0.2, -0.15) is 5.26 Å². The highest BCUT2D eigenvalue weighted by molar-refractivity contribution is 5.82. The zero-order valence-electron chi connectivity index (χ0n) is 15.6. The van der Waals surface area contributed by atoms with Crippen LogP contribution in [-0.2, 0) is 4.79 Å². The second-order valence-electron chi connectivity index (χ2n) is 7.37. The van der Waals surface area contributed by atoms with Crippen LogP contribution in [0.2, 0.25) is 0 Å². The number of nitriles is 1. The van der Waals surface area contributed by atoms with E-state index in [0.29, 0.717) is 5.92 Å². The minimum absolute atomic E-state index is 0.0837. The summed E-state index contributed by atoms with van der Waals surface area (Å²) in [7, 11) is 0. The lowest BCUT2D eigenvalue weighted by Gasteiger charge is -2.36. The molecule has 130 valence electrons. The van der Waals surface area contributed by atoms with Crippen molar-refractivity contribution in [2.45, 2.75) is 66.3 Å². The van der Waals surface area contributed by atoms with Gasteiger partial charge in [0.15, 0.2) is 0 Å². The van der Waals surface area contributed by atoms with Crippen molar-refractivity contribution in [3.8, 4) is 6.07 Å². The Bertz CT molecular complexity index is 636. The molecule has 3 heteroatoms. The van der Waals surface area contributed by atoms with Gasteiger partial charge < -0.3 is 5.32 Å². The number of aryl methyl sites for hydroxylation is 2. The number of rotatable bonds is 7. The minimum atomic E-state index is -0.562. The van der Waals surface area contributed by atoms with Crippen LogP contribution in [0, 0.1) is 42.4 Å². The summed E-state index contributed by atoms with van der Waals surface area (Å²) >= 11 is 0. The number of amides is 1. The van der Waals surface area contributed by atoms with Crippen LogP contribution >= 0.6 is 0 Å². The molecule has 2 unspecified atom stereocenters. The van der Waals surface area contributed by atoms with Gasteiger partial charge in [-0.05, 0) is 68.9 Å². The molecular formula is C21H30N2O. The van der Waals surface area contributed by atoms with Gasteiger partial charge in [-0.3, -0.25) is 4.79 Å². The fourth-order valence-corrected chi connectivity index (χ4v) is 4.26. The quantitative estimate of drug-likeness (QED) is 0.779. The summed E-state index contributed by atoms with van der Waals surface area (Å²) in [5.74, 6) is -0.145. The van der Waals surface area contributed by atoms with E-state index in [2.05, 4.69) is 57.3 Å². The Morgan fingerprint density at radius 2 is 1.96 bits per heavy atom. The van der Waals surface area contributed by atoms with E-state index in [1.54, 1.807) is 0 Å². The standard InChI is InChI=1S/C21H30N2O/c1-6-21(7-2,17-9-10-17)19(13-22)20(24)23-16(5)18-11-8-14(3)12-15(18)4/h8,11-12,16-17,19H,6-7,9-10H2,1-5H3,(H,23,24). The molecule has 0 aliphatic heterocycles. The van der Waals surface area contributed by atoms with E-state index < -0.39 is 5.92 Å². The predicted molar refractivity (Wildman–Crippen MR) is 97.3 cm³/mol. The number of nitrogens with one attached hydrogen (secondary N) is 1. The first-order chi connectivity index (χ1) is 11.4. The van der Waals surface area contributed by atoms with E-state index in [1.807, 2.05) is 6.92 Å².